The van der Waals surface area contributed by atoms with Gasteiger partial charge in [-0.1, -0.05) is 42.1 Å². The maximum absolute atomic E-state index is 10.6. The van der Waals surface area contributed by atoms with Gasteiger partial charge in [0.2, 0.25) is 0 Å². The number of aliphatic carboxylic acids is 1. The van der Waals surface area contributed by atoms with Crippen molar-refractivity contribution in [3.8, 4) is 5.75 Å². The second-order valence-corrected chi connectivity index (χ2v) is 8.84. The van der Waals surface area contributed by atoms with Gasteiger partial charge in [-0.2, -0.15) is 0 Å². The number of rotatable bonds is 13. The first-order chi connectivity index (χ1) is 14.8. The van der Waals surface area contributed by atoms with E-state index >= 15 is 0 Å². The fourth-order valence-electron chi connectivity index (χ4n) is 4.35. The molecule has 0 amide bonds. The van der Waals surface area contributed by atoms with E-state index in [1.807, 2.05) is 0 Å². The number of carboxylic acids is 1. The molecule has 0 aliphatic heterocycles. The van der Waals surface area contributed by atoms with E-state index in [4.69, 9.17) is 21.4 Å². The predicted molar refractivity (Wildman–Crippen MR) is 119 cm³/mol. The molecule has 31 heavy (non-hydrogen) atoms. The van der Waals surface area contributed by atoms with Crippen molar-refractivity contribution >= 4 is 23.3 Å². The minimum atomic E-state index is -0.776. The Bertz CT molecular complexity index is 728. The minimum Gasteiger partial charge on any atom is -0.488 e. The van der Waals surface area contributed by atoms with Gasteiger partial charge >= 0.3 is 5.97 Å². The summed E-state index contributed by atoms with van der Waals surface area (Å²) in [5.41, 5.74) is 0.582. The first-order valence-corrected chi connectivity index (χ1v) is 11.4. The smallest absolute Gasteiger partial charge is 0.303 e. The summed E-state index contributed by atoms with van der Waals surface area (Å²) in [7, 11) is 0. The van der Waals surface area contributed by atoms with Gasteiger partial charge in [0.25, 0.3) is 0 Å². The molecule has 174 valence electrons. The van der Waals surface area contributed by atoms with Crippen LogP contribution in [-0.4, -0.2) is 50.5 Å². The third kappa shape index (κ3) is 8.31. The third-order valence-corrected chi connectivity index (χ3v) is 6.33. The summed E-state index contributed by atoms with van der Waals surface area (Å²) in [6.07, 6.45) is 3.92. The fraction of sp³-hybridized carbons (Fsp3) is 0.652. The number of unbranched alkanes of at least 4 members (excludes halogenated alkanes) is 3. The molecular formula is C23H34ClNO6. The Balaban J connectivity index is 1.83. The van der Waals surface area contributed by atoms with Crippen LogP contribution in [0.4, 0.5) is 0 Å². The number of carboxylic acid groups (broad SMARTS) is 1. The molecule has 0 aromatic heterocycles. The molecular weight excluding hydrogens is 422 g/mol. The zero-order chi connectivity index (χ0) is 22.8. The van der Waals surface area contributed by atoms with Crippen molar-refractivity contribution in [1.82, 2.24) is 0 Å². The molecule has 1 aromatic rings. The number of hydrogen-bond donors (Lipinski definition) is 4. The molecule has 5 unspecified atom stereocenters. The van der Waals surface area contributed by atoms with Crippen molar-refractivity contribution in [2.24, 2.45) is 17.0 Å². The van der Waals surface area contributed by atoms with Crippen LogP contribution in [-0.2, 0) is 4.79 Å². The molecule has 1 fully saturated rings. The van der Waals surface area contributed by atoms with Crippen molar-refractivity contribution in [3.05, 3.63) is 29.3 Å². The van der Waals surface area contributed by atoms with E-state index in [-0.39, 0.29) is 18.3 Å². The molecule has 1 saturated carbocycles. The van der Waals surface area contributed by atoms with Gasteiger partial charge in [0.1, 0.15) is 11.9 Å². The van der Waals surface area contributed by atoms with Crippen LogP contribution >= 0.6 is 11.6 Å². The van der Waals surface area contributed by atoms with Crippen molar-refractivity contribution in [2.45, 2.75) is 83.0 Å². The lowest BCUT2D eigenvalue weighted by molar-refractivity contribution is -0.137. The number of halogens is 1. The van der Waals surface area contributed by atoms with E-state index in [0.717, 1.165) is 25.7 Å². The average molecular weight is 456 g/mol. The van der Waals surface area contributed by atoms with Crippen molar-refractivity contribution in [2.75, 3.05) is 0 Å². The molecule has 1 aliphatic rings. The lowest BCUT2D eigenvalue weighted by Gasteiger charge is -2.25. The first-order valence-electron chi connectivity index (χ1n) is 11.0. The molecule has 2 rings (SSSR count). The average Bonchev–Trinajstić information content (AvgIpc) is 3.03. The molecule has 8 heteroatoms. The molecule has 0 bridgehead atoms. The summed E-state index contributed by atoms with van der Waals surface area (Å²) in [6, 6.07) is 7.02. The first kappa shape index (κ1) is 25.4. The largest absolute Gasteiger partial charge is 0.488 e. The molecule has 0 radical (unpaired) electrons. The predicted octanol–water partition coefficient (Wildman–Crippen LogP) is 4.50. The van der Waals surface area contributed by atoms with Crippen molar-refractivity contribution in [1.29, 1.82) is 0 Å². The van der Waals surface area contributed by atoms with Crippen LogP contribution in [0.5, 0.6) is 5.75 Å². The minimum absolute atomic E-state index is 0.0262. The molecule has 0 heterocycles. The number of aliphatic hydroxyl groups is 2. The number of aliphatic hydroxyl groups excluding tert-OH is 2. The van der Waals surface area contributed by atoms with Gasteiger partial charge in [-0.05, 0) is 56.7 Å². The van der Waals surface area contributed by atoms with Gasteiger partial charge in [0, 0.05) is 23.8 Å². The Morgan fingerprint density at radius 1 is 1.26 bits per heavy atom. The SMILES string of the molecule is CC(Oc1cccc(Cl)c1)C(O)CCC1/C(=N\O)CC(O)C1CCCCCCC(=O)O. The Morgan fingerprint density at radius 3 is 2.68 bits per heavy atom. The summed E-state index contributed by atoms with van der Waals surface area (Å²) in [6.45, 7) is 1.80. The molecule has 0 saturated heterocycles. The Hall–Kier alpha value is -1.83. The molecule has 0 spiro atoms. The van der Waals surface area contributed by atoms with Gasteiger partial charge < -0.3 is 25.3 Å². The molecule has 7 nitrogen and oxygen atoms in total. The highest BCUT2D eigenvalue weighted by atomic mass is 35.5. The van der Waals surface area contributed by atoms with Crippen LogP contribution in [0.15, 0.2) is 29.4 Å². The number of ether oxygens (including phenoxy) is 1. The molecule has 1 aliphatic carbocycles. The van der Waals surface area contributed by atoms with Crippen LogP contribution in [0.25, 0.3) is 0 Å². The zero-order valence-corrected chi connectivity index (χ0v) is 18.7. The van der Waals surface area contributed by atoms with Gasteiger partial charge in [-0.3, -0.25) is 4.79 Å². The monoisotopic (exact) mass is 455 g/mol. The van der Waals surface area contributed by atoms with Crippen LogP contribution in [0.2, 0.25) is 5.02 Å². The molecule has 4 N–H and O–H groups in total. The highest BCUT2D eigenvalue weighted by molar-refractivity contribution is 6.30. The van der Waals surface area contributed by atoms with Crippen LogP contribution < -0.4 is 4.74 Å². The van der Waals surface area contributed by atoms with E-state index in [1.54, 1.807) is 31.2 Å². The topological polar surface area (TPSA) is 120 Å². The summed E-state index contributed by atoms with van der Waals surface area (Å²) in [4.78, 5) is 10.6. The lowest BCUT2D eigenvalue weighted by Crippen LogP contribution is -2.30. The van der Waals surface area contributed by atoms with Gasteiger partial charge in [-0.15, -0.1) is 0 Å². The maximum atomic E-state index is 10.6. The quantitative estimate of drug-likeness (QED) is 0.197. The van der Waals surface area contributed by atoms with E-state index in [9.17, 15) is 20.2 Å². The van der Waals surface area contributed by atoms with Gasteiger partial charge in [-0.25, -0.2) is 0 Å². The number of carbonyl (C=O) groups is 1. The fourth-order valence-corrected chi connectivity index (χ4v) is 4.53. The summed E-state index contributed by atoms with van der Waals surface area (Å²) in [5.74, 6) is -0.301. The Kier molecular flexibility index (Phi) is 10.6. The van der Waals surface area contributed by atoms with E-state index in [2.05, 4.69) is 5.16 Å². The third-order valence-electron chi connectivity index (χ3n) is 6.10. The zero-order valence-electron chi connectivity index (χ0n) is 18.0. The van der Waals surface area contributed by atoms with Crippen LogP contribution in [0.1, 0.15) is 64.7 Å². The highest BCUT2D eigenvalue weighted by Gasteiger charge is 2.40. The van der Waals surface area contributed by atoms with Gasteiger partial charge in [0.05, 0.1) is 17.9 Å². The summed E-state index contributed by atoms with van der Waals surface area (Å²) < 4.78 is 5.79. The summed E-state index contributed by atoms with van der Waals surface area (Å²) >= 11 is 5.97. The Labute approximate surface area is 188 Å². The number of oxime groups is 1. The Morgan fingerprint density at radius 2 is 2.00 bits per heavy atom. The van der Waals surface area contributed by atoms with Crippen molar-refractivity contribution in [3.63, 3.8) is 0 Å². The normalized spacial score (nSPS) is 24.3. The highest BCUT2D eigenvalue weighted by Crippen LogP contribution is 2.37. The van der Waals surface area contributed by atoms with E-state index in [1.165, 1.54) is 0 Å². The van der Waals surface area contributed by atoms with Crippen LogP contribution in [0, 0.1) is 11.8 Å². The second kappa shape index (κ2) is 12.9. The number of benzene rings is 1. The summed E-state index contributed by atoms with van der Waals surface area (Å²) in [5, 5.41) is 43.1. The standard InChI is InChI=1S/C23H34ClNO6/c1-15(31-17-8-6-7-16(24)13-17)21(26)12-11-18-19(22(27)14-20(18)25-30)9-4-2-3-5-10-23(28)29/h6-8,13,15,18-19,21-22,26-27,30H,2-5,9-12,14H2,1H3,(H,28,29)/b25-20-. The number of nitrogens with zero attached hydrogens (tertiary/aromatic N) is 1. The maximum Gasteiger partial charge on any atom is 0.303 e. The van der Waals surface area contributed by atoms with E-state index < -0.39 is 24.3 Å². The van der Waals surface area contributed by atoms with Gasteiger partial charge in [0.15, 0.2) is 0 Å². The number of hydrogen-bond acceptors (Lipinski definition) is 6. The van der Waals surface area contributed by atoms with E-state index in [0.29, 0.717) is 42.2 Å². The molecule has 1 aromatic carbocycles. The molecule has 5 atom stereocenters. The second-order valence-electron chi connectivity index (χ2n) is 8.40. The van der Waals surface area contributed by atoms with Crippen LogP contribution in [0.3, 0.4) is 0 Å². The van der Waals surface area contributed by atoms with Crippen molar-refractivity contribution < 1.29 is 30.1 Å². The lowest BCUT2D eigenvalue weighted by atomic mass is 9.84.